The lowest BCUT2D eigenvalue weighted by Gasteiger charge is -2.25. The van der Waals surface area contributed by atoms with Gasteiger partial charge in [0.05, 0.1) is 28.8 Å². The van der Waals surface area contributed by atoms with Crippen LogP contribution in [-0.2, 0) is 9.53 Å². The molecule has 2 fully saturated rings. The first kappa shape index (κ1) is 22.4. The summed E-state index contributed by atoms with van der Waals surface area (Å²) >= 11 is 0. The number of carbonyl (C=O) groups excluding carboxylic acids is 2. The highest BCUT2D eigenvalue weighted by atomic mass is 16.6. The topological polar surface area (TPSA) is 102 Å². The molecule has 1 aromatic carbocycles. The molecule has 0 radical (unpaired) electrons. The number of carbonyl (C=O) groups is 2. The van der Waals surface area contributed by atoms with Crippen molar-refractivity contribution >= 4 is 23.0 Å². The average Bonchev–Trinajstić information content (AvgIpc) is 3.52. The molecule has 0 spiro atoms. The van der Waals surface area contributed by atoms with E-state index in [1.165, 1.54) is 0 Å². The predicted molar refractivity (Wildman–Crippen MR) is 126 cm³/mol. The number of hydrogen-bond donors (Lipinski definition) is 1. The molecule has 2 aliphatic heterocycles. The number of aromatic nitrogens is 3. The summed E-state index contributed by atoms with van der Waals surface area (Å²) in [7, 11) is 0. The minimum Gasteiger partial charge on any atom is -0.444 e. The molecule has 1 unspecified atom stereocenters. The number of nitrogens with zero attached hydrogens (tertiary/aromatic N) is 4. The van der Waals surface area contributed by atoms with E-state index in [1.54, 1.807) is 4.90 Å². The minimum absolute atomic E-state index is 0.0434. The Hall–Kier alpha value is -3.36. The molecule has 34 heavy (non-hydrogen) atoms. The van der Waals surface area contributed by atoms with E-state index < -0.39 is 5.60 Å². The molecule has 0 aliphatic carbocycles. The Labute approximate surface area is 198 Å². The molecular weight excluding hydrogens is 434 g/mol. The Kier molecular flexibility index (Phi) is 5.37. The minimum atomic E-state index is -0.537. The molecule has 9 nitrogen and oxygen atoms in total. The molecule has 2 saturated heterocycles. The maximum Gasteiger partial charge on any atom is 0.410 e. The second kappa shape index (κ2) is 8.14. The Morgan fingerprint density at radius 3 is 2.68 bits per heavy atom. The maximum absolute atomic E-state index is 12.7. The van der Waals surface area contributed by atoms with Crippen molar-refractivity contribution in [1.82, 2.24) is 24.9 Å². The van der Waals surface area contributed by atoms with Crippen LogP contribution in [0.5, 0.6) is 0 Å². The Balaban J connectivity index is 1.53. The maximum atomic E-state index is 12.7. The zero-order valence-corrected chi connectivity index (χ0v) is 20.3. The molecule has 3 aromatic rings. The van der Waals surface area contributed by atoms with Crippen molar-refractivity contribution in [2.75, 3.05) is 13.1 Å². The predicted octanol–water partition coefficient (Wildman–Crippen LogP) is 4.44. The molecule has 2 aliphatic rings. The quantitative estimate of drug-likeness (QED) is 0.613. The fourth-order valence-electron chi connectivity index (χ4n) is 5.05. The van der Waals surface area contributed by atoms with Crippen molar-refractivity contribution in [1.29, 1.82) is 0 Å². The molecule has 1 N–H and O–H groups in total. The summed E-state index contributed by atoms with van der Waals surface area (Å²) in [6.07, 6.45) is 1.70. The largest absolute Gasteiger partial charge is 0.444 e. The van der Waals surface area contributed by atoms with Gasteiger partial charge >= 0.3 is 6.09 Å². The van der Waals surface area contributed by atoms with Gasteiger partial charge in [0, 0.05) is 25.1 Å². The van der Waals surface area contributed by atoms with Crippen LogP contribution in [0, 0.1) is 13.8 Å². The Bertz CT molecular complexity index is 1250. The van der Waals surface area contributed by atoms with Crippen LogP contribution in [0.3, 0.4) is 0 Å². The summed E-state index contributed by atoms with van der Waals surface area (Å²) in [5.74, 6) is 1.65. The van der Waals surface area contributed by atoms with E-state index in [1.807, 2.05) is 34.6 Å². The van der Waals surface area contributed by atoms with Crippen molar-refractivity contribution in [3.05, 3.63) is 35.5 Å². The third-order valence-corrected chi connectivity index (χ3v) is 6.53. The van der Waals surface area contributed by atoms with Crippen LogP contribution in [0.25, 0.3) is 22.2 Å². The van der Waals surface area contributed by atoms with Gasteiger partial charge in [0.15, 0.2) is 0 Å². The molecule has 0 saturated carbocycles. The van der Waals surface area contributed by atoms with Gasteiger partial charge in [0.1, 0.15) is 17.2 Å². The highest BCUT2D eigenvalue weighted by Crippen LogP contribution is 2.36. The van der Waals surface area contributed by atoms with E-state index in [0.717, 1.165) is 45.9 Å². The molecular formula is C25H31N5O4. The molecule has 0 bridgehead atoms. The fourth-order valence-corrected chi connectivity index (χ4v) is 5.05. The lowest BCUT2D eigenvalue weighted by Crippen LogP contribution is -2.35. The lowest BCUT2D eigenvalue weighted by atomic mass is 10.0. The zero-order valence-electron chi connectivity index (χ0n) is 20.3. The smallest absolute Gasteiger partial charge is 0.410 e. The second-order valence-corrected chi connectivity index (χ2v) is 10.3. The van der Waals surface area contributed by atoms with Gasteiger partial charge in [-0.3, -0.25) is 4.79 Å². The second-order valence-electron chi connectivity index (χ2n) is 10.3. The number of rotatable bonds is 3. The first-order valence-corrected chi connectivity index (χ1v) is 11.8. The van der Waals surface area contributed by atoms with E-state index in [9.17, 15) is 9.59 Å². The van der Waals surface area contributed by atoms with Gasteiger partial charge in [-0.15, -0.1) is 0 Å². The van der Waals surface area contributed by atoms with Crippen molar-refractivity contribution in [2.45, 2.75) is 71.6 Å². The Morgan fingerprint density at radius 2 is 2.03 bits per heavy atom. The molecule has 2 aromatic heterocycles. The SMILES string of the molecule is Cc1noc(C)c1-c1ccc2c(c1)nc([C@@H]1CCC(=O)N1)n2C1CCN(C(=O)OC(C)(C)C)C1. The van der Waals surface area contributed by atoms with Gasteiger partial charge in [0.2, 0.25) is 5.91 Å². The summed E-state index contributed by atoms with van der Waals surface area (Å²) in [5, 5.41) is 7.15. The summed E-state index contributed by atoms with van der Waals surface area (Å²) in [4.78, 5) is 31.4. The summed E-state index contributed by atoms with van der Waals surface area (Å²) in [5.41, 5.74) is 4.11. The van der Waals surface area contributed by atoms with Gasteiger partial charge in [-0.25, -0.2) is 9.78 Å². The van der Waals surface area contributed by atoms with Gasteiger partial charge in [-0.1, -0.05) is 11.2 Å². The van der Waals surface area contributed by atoms with Crippen molar-refractivity contribution < 1.29 is 18.8 Å². The number of fused-ring (bicyclic) bond motifs is 1. The molecule has 9 heteroatoms. The van der Waals surface area contributed by atoms with E-state index in [0.29, 0.717) is 25.9 Å². The summed E-state index contributed by atoms with van der Waals surface area (Å²) in [6, 6.07) is 6.09. The third-order valence-electron chi connectivity index (χ3n) is 6.53. The van der Waals surface area contributed by atoms with E-state index in [4.69, 9.17) is 14.2 Å². The number of nitrogens with one attached hydrogen (secondary N) is 1. The van der Waals surface area contributed by atoms with Crippen LogP contribution in [0.2, 0.25) is 0 Å². The average molecular weight is 466 g/mol. The number of ether oxygens (including phenoxy) is 1. The number of aryl methyl sites for hydroxylation is 2. The van der Waals surface area contributed by atoms with Crippen molar-refractivity contribution in [2.24, 2.45) is 0 Å². The monoisotopic (exact) mass is 465 g/mol. The summed E-state index contributed by atoms with van der Waals surface area (Å²) in [6.45, 7) is 10.6. The molecule has 2 amide bonds. The number of hydrogen-bond acceptors (Lipinski definition) is 6. The first-order chi connectivity index (χ1) is 16.1. The molecule has 2 atom stereocenters. The highest BCUT2D eigenvalue weighted by molar-refractivity contribution is 5.84. The number of benzene rings is 1. The molecule has 180 valence electrons. The first-order valence-electron chi connectivity index (χ1n) is 11.8. The number of amides is 2. The molecule has 5 rings (SSSR count). The lowest BCUT2D eigenvalue weighted by molar-refractivity contribution is -0.119. The van der Waals surface area contributed by atoms with E-state index >= 15 is 0 Å². The van der Waals surface area contributed by atoms with Crippen molar-refractivity contribution in [3.8, 4) is 11.1 Å². The normalized spacial score (nSPS) is 20.9. The van der Waals surface area contributed by atoms with Gasteiger partial charge in [-0.2, -0.15) is 0 Å². The highest BCUT2D eigenvalue weighted by Gasteiger charge is 2.35. The van der Waals surface area contributed by atoms with E-state index in [2.05, 4.69) is 33.2 Å². The standard InChI is InChI=1S/C25H31N5O4/c1-14-22(15(2)34-28-14)16-6-8-20-19(12-16)27-23(18-7-9-21(31)26-18)30(20)17-10-11-29(13-17)24(32)33-25(3,4)5/h6,8,12,17-18H,7,9-11,13H2,1-5H3,(H,26,31)/t17?,18-/m0/s1. The van der Waals surface area contributed by atoms with Crippen LogP contribution < -0.4 is 5.32 Å². The van der Waals surface area contributed by atoms with Gasteiger partial charge < -0.3 is 24.0 Å². The van der Waals surface area contributed by atoms with Crippen molar-refractivity contribution in [3.63, 3.8) is 0 Å². The number of likely N-dealkylation sites (tertiary alicyclic amines) is 1. The fraction of sp³-hybridized carbons (Fsp3) is 0.520. The van der Waals surface area contributed by atoms with E-state index in [-0.39, 0.29) is 24.1 Å². The summed E-state index contributed by atoms with van der Waals surface area (Å²) < 4.78 is 13.2. The molecule has 4 heterocycles. The third kappa shape index (κ3) is 4.03. The van der Waals surface area contributed by atoms with Crippen LogP contribution >= 0.6 is 0 Å². The van der Waals surface area contributed by atoms with Crippen LogP contribution in [0.4, 0.5) is 4.79 Å². The van der Waals surface area contributed by atoms with Gasteiger partial charge in [0.25, 0.3) is 0 Å². The van der Waals surface area contributed by atoms with Crippen LogP contribution in [0.15, 0.2) is 22.7 Å². The van der Waals surface area contributed by atoms with Crippen LogP contribution in [-0.4, -0.2) is 50.3 Å². The van der Waals surface area contributed by atoms with Gasteiger partial charge in [-0.05, 0) is 65.2 Å². The van der Waals surface area contributed by atoms with Crippen LogP contribution in [0.1, 0.15) is 69.4 Å². The Morgan fingerprint density at radius 1 is 1.24 bits per heavy atom. The number of imidazole rings is 1. The zero-order chi connectivity index (χ0) is 24.2.